The summed E-state index contributed by atoms with van der Waals surface area (Å²) in [5.41, 5.74) is 5.57. The van der Waals surface area contributed by atoms with Crippen molar-refractivity contribution in [3.05, 3.63) is 0 Å². The molecule has 3 N–H and O–H groups in total. The van der Waals surface area contributed by atoms with Gasteiger partial charge in [0.05, 0.1) is 7.11 Å². The summed E-state index contributed by atoms with van der Waals surface area (Å²) >= 11 is 0. The predicted octanol–water partition coefficient (Wildman–Crippen LogP) is -0.438. The van der Waals surface area contributed by atoms with Crippen LogP contribution in [0.2, 0.25) is 0 Å². The second-order valence-electron chi connectivity index (χ2n) is 5.15. The van der Waals surface area contributed by atoms with Gasteiger partial charge < -0.3 is 20.5 Å². The number of nitrogens with two attached hydrogens (primary N) is 1. The van der Waals surface area contributed by atoms with Gasteiger partial charge in [0.25, 0.3) is 0 Å². The van der Waals surface area contributed by atoms with Gasteiger partial charge in [0, 0.05) is 24.7 Å². The van der Waals surface area contributed by atoms with Crippen LogP contribution in [0.1, 0.15) is 25.7 Å². The zero-order valence-corrected chi connectivity index (χ0v) is 10.6. The molecule has 0 aromatic carbocycles. The van der Waals surface area contributed by atoms with Crippen molar-refractivity contribution in [1.29, 1.82) is 0 Å². The molecule has 2 saturated heterocycles. The molecule has 1 unspecified atom stereocenters. The number of carbonyl (C=O) groups is 2. The molecule has 102 valence electrons. The third-order valence-electron chi connectivity index (χ3n) is 3.89. The Morgan fingerprint density at radius 1 is 1.61 bits per heavy atom. The van der Waals surface area contributed by atoms with Crippen LogP contribution in [0.4, 0.5) is 0 Å². The zero-order chi connectivity index (χ0) is 13.2. The summed E-state index contributed by atoms with van der Waals surface area (Å²) < 4.78 is 9.89. The maximum absolute atomic E-state index is 11.9. The fraction of sp³-hybridized carbons (Fsp3) is 0.833. The van der Waals surface area contributed by atoms with E-state index in [1.807, 2.05) is 0 Å². The van der Waals surface area contributed by atoms with Crippen LogP contribution in [0.15, 0.2) is 0 Å². The molecule has 6 heteroatoms. The zero-order valence-electron chi connectivity index (χ0n) is 10.6. The molecule has 2 aliphatic heterocycles. The van der Waals surface area contributed by atoms with Gasteiger partial charge in [-0.3, -0.25) is 9.59 Å². The first-order valence-corrected chi connectivity index (χ1v) is 6.29. The topological polar surface area (TPSA) is 90.7 Å². The van der Waals surface area contributed by atoms with Crippen molar-refractivity contribution in [2.24, 2.45) is 11.7 Å². The monoisotopic (exact) mass is 256 g/mol. The van der Waals surface area contributed by atoms with Crippen molar-refractivity contribution >= 4 is 11.9 Å². The lowest BCUT2D eigenvalue weighted by atomic mass is 9.84. The largest absolute Gasteiger partial charge is 0.468 e. The minimum Gasteiger partial charge on any atom is -0.468 e. The summed E-state index contributed by atoms with van der Waals surface area (Å²) in [4.78, 5) is 23.2. The summed E-state index contributed by atoms with van der Waals surface area (Å²) in [6.07, 6.45) is 2.76. The predicted molar refractivity (Wildman–Crippen MR) is 63.6 cm³/mol. The Hall–Kier alpha value is -1.14. The van der Waals surface area contributed by atoms with Crippen molar-refractivity contribution in [1.82, 2.24) is 5.32 Å². The van der Waals surface area contributed by atoms with Gasteiger partial charge in [-0.15, -0.1) is 0 Å². The molecule has 2 atom stereocenters. The van der Waals surface area contributed by atoms with Crippen LogP contribution in [0, 0.1) is 5.92 Å². The van der Waals surface area contributed by atoms with E-state index in [1.165, 1.54) is 7.11 Å². The van der Waals surface area contributed by atoms with E-state index in [0.29, 0.717) is 19.6 Å². The van der Waals surface area contributed by atoms with E-state index in [-0.39, 0.29) is 17.4 Å². The third kappa shape index (κ3) is 2.64. The van der Waals surface area contributed by atoms with E-state index < -0.39 is 12.0 Å². The maximum atomic E-state index is 11.9. The number of carbonyl (C=O) groups excluding carboxylic acids is 2. The molecule has 2 fully saturated rings. The van der Waals surface area contributed by atoms with Crippen molar-refractivity contribution in [3.8, 4) is 0 Å². The van der Waals surface area contributed by atoms with Gasteiger partial charge in [0.1, 0.15) is 6.04 Å². The molecule has 0 aliphatic carbocycles. The molecule has 0 aromatic rings. The van der Waals surface area contributed by atoms with Crippen molar-refractivity contribution in [2.45, 2.75) is 37.3 Å². The number of nitrogens with one attached hydrogen (secondary N) is 1. The highest BCUT2D eigenvalue weighted by atomic mass is 16.5. The third-order valence-corrected chi connectivity index (χ3v) is 3.89. The number of rotatable bonds is 3. The van der Waals surface area contributed by atoms with E-state index in [2.05, 4.69) is 10.1 Å². The Labute approximate surface area is 106 Å². The van der Waals surface area contributed by atoms with Crippen LogP contribution in [-0.4, -0.2) is 43.8 Å². The lowest BCUT2D eigenvalue weighted by molar-refractivity contribution is -0.142. The van der Waals surface area contributed by atoms with Gasteiger partial charge in [-0.25, -0.2) is 0 Å². The molecule has 2 rings (SSSR count). The second-order valence-corrected chi connectivity index (χ2v) is 5.15. The van der Waals surface area contributed by atoms with Crippen LogP contribution in [-0.2, 0) is 19.1 Å². The smallest absolute Gasteiger partial charge is 0.322 e. The van der Waals surface area contributed by atoms with Gasteiger partial charge in [-0.1, -0.05) is 0 Å². The molecule has 2 aliphatic rings. The molecular weight excluding hydrogens is 236 g/mol. The Morgan fingerprint density at radius 2 is 2.28 bits per heavy atom. The summed E-state index contributed by atoms with van der Waals surface area (Å²) in [5, 5.41) is 3.06. The summed E-state index contributed by atoms with van der Waals surface area (Å²) in [6, 6.07) is -0.722. The maximum Gasteiger partial charge on any atom is 0.322 e. The molecular formula is C12H20N2O4. The number of ether oxygens (including phenoxy) is 2. The van der Waals surface area contributed by atoms with E-state index in [0.717, 1.165) is 19.3 Å². The standard InChI is InChI=1S/C12H20N2O4/c1-17-11(16)9(13)6-8-7-12(14-10(8)15)2-4-18-5-3-12/h8-9H,2-7,13H2,1H3,(H,14,15)/t8?,9-/m0/s1. The first kappa shape index (κ1) is 13.3. The summed E-state index contributed by atoms with van der Waals surface area (Å²) in [7, 11) is 1.30. The highest BCUT2D eigenvalue weighted by Crippen LogP contribution is 2.35. The highest BCUT2D eigenvalue weighted by Gasteiger charge is 2.45. The lowest BCUT2D eigenvalue weighted by Gasteiger charge is -2.33. The fourth-order valence-electron chi connectivity index (χ4n) is 2.81. The number of methoxy groups -OCH3 is 1. The molecule has 0 aromatic heterocycles. The molecule has 18 heavy (non-hydrogen) atoms. The van der Waals surface area contributed by atoms with Gasteiger partial charge >= 0.3 is 5.97 Å². The molecule has 0 bridgehead atoms. The van der Waals surface area contributed by atoms with E-state index in [4.69, 9.17) is 10.5 Å². The molecule has 0 radical (unpaired) electrons. The van der Waals surface area contributed by atoms with Crippen LogP contribution in [0.3, 0.4) is 0 Å². The number of hydrogen-bond donors (Lipinski definition) is 2. The quantitative estimate of drug-likeness (QED) is 0.668. The lowest BCUT2D eigenvalue weighted by Crippen LogP contribution is -2.45. The Balaban J connectivity index is 1.94. The fourth-order valence-corrected chi connectivity index (χ4v) is 2.81. The van der Waals surface area contributed by atoms with Crippen molar-refractivity contribution < 1.29 is 19.1 Å². The van der Waals surface area contributed by atoms with E-state index >= 15 is 0 Å². The van der Waals surface area contributed by atoms with Gasteiger partial charge in [0.15, 0.2) is 0 Å². The first-order valence-electron chi connectivity index (χ1n) is 6.29. The van der Waals surface area contributed by atoms with Crippen molar-refractivity contribution in [3.63, 3.8) is 0 Å². The van der Waals surface area contributed by atoms with Gasteiger partial charge in [-0.2, -0.15) is 0 Å². The average Bonchev–Trinajstić information content (AvgIpc) is 2.65. The Bertz CT molecular complexity index is 339. The molecule has 0 saturated carbocycles. The minimum absolute atomic E-state index is 0.00347. The van der Waals surface area contributed by atoms with Crippen LogP contribution < -0.4 is 11.1 Å². The number of esters is 1. The van der Waals surface area contributed by atoms with Crippen LogP contribution in [0.25, 0.3) is 0 Å². The number of amides is 1. The molecule has 1 amide bonds. The first-order chi connectivity index (χ1) is 8.56. The minimum atomic E-state index is -0.722. The molecule has 1 spiro atoms. The average molecular weight is 256 g/mol. The summed E-state index contributed by atoms with van der Waals surface area (Å²) in [6.45, 7) is 1.35. The summed E-state index contributed by atoms with van der Waals surface area (Å²) in [5.74, 6) is -0.663. The SMILES string of the molecule is COC(=O)[C@@H](N)CC1CC2(CCOCC2)NC1=O. The van der Waals surface area contributed by atoms with Gasteiger partial charge in [-0.05, 0) is 25.7 Å². The van der Waals surface area contributed by atoms with Gasteiger partial charge in [0.2, 0.25) is 5.91 Å². The molecule has 6 nitrogen and oxygen atoms in total. The molecule has 2 heterocycles. The van der Waals surface area contributed by atoms with Crippen LogP contribution in [0.5, 0.6) is 0 Å². The van der Waals surface area contributed by atoms with Crippen LogP contribution >= 0.6 is 0 Å². The normalized spacial score (nSPS) is 27.9. The number of hydrogen-bond acceptors (Lipinski definition) is 5. The highest BCUT2D eigenvalue weighted by molar-refractivity contribution is 5.83. The van der Waals surface area contributed by atoms with E-state index in [9.17, 15) is 9.59 Å². The van der Waals surface area contributed by atoms with Crippen molar-refractivity contribution in [2.75, 3.05) is 20.3 Å². The Morgan fingerprint density at radius 3 is 2.89 bits per heavy atom. The Kier molecular flexibility index (Phi) is 3.87. The second kappa shape index (κ2) is 5.24. The van der Waals surface area contributed by atoms with E-state index in [1.54, 1.807) is 0 Å².